The van der Waals surface area contributed by atoms with Crippen molar-refractivity contribution in [2.45, 2.75) is 59.9 Å². The Labute approximate surface area is 112 Å². The minimum absolute atomic E-state index is 0.479. The maximum absolute atomic E-state index is 3.78. The maximum atomic E-state index is 3.78. The van der Waals surface area contributed by atoms with Crippen LogP contribution in [0.5, 0.6) is 0 Å². The number of nitrogens with one attached hydrogen (secondary N) is 1. The van der Waals surface area contributed by atoms with Gasteiger partial charge in [-0.15, -0.1) is 0 Å². The minimum Gasteiger partial charge on any atom is -0.382 e. The van der Waals surface area contributed by atoms with Crippen molar-refractivity contribution < 1.29 is 0 Å². The molecule has 1 fully saturated rings. The van der Waals surface area contributed by atoms with E-state index in [2.05, 4.69) is 58.1 Å². The van der Waals surface area contributed by atoms with Crippen LogP contribution in [0.2, 0.25) is 0 Å². The summed E-state index contributed by atoms with van der Waals surface area (Å²) in [5, 5.41) is 3.78. The third-order valence-electron chi connectivity index (χ3n) is 4.14. The molecule has 0 aliphatic heterocycles. The fraction of sp³-hybridized carbons (Fsp3) is 0.647. The molecular weight excluding hydrogens is 218 g/mol. The molecular formula is C17H27N. The van der Waals surface area contributed by atoms with Crippen LogP contribution >= 0.6 is 0 Å². The van der Waals surface area contributed by atoms with Gasteiger partial charge in [-0.2, -0.15) is 0 Å². The molecule has 2 rings (SSSR count). The van der Waals surface area contributed by atoms with Crippen LogP contribution in [0.25, 0.3) is 0 Å². The highest BCUT2D eigenvalue weighted by Crippen LogP contribution is 2.39. The van der Waals surface area contributed by atoms with Gasteiger partial charge in [0.05, 0.1) is 0 Å². The van der Waals surface area contributed by atoms with Gasteiger partial charge < -0.3 is 5.32 Å². The zero-order chi connectivity index (χ0) is 13.3. The van der Waals surface area contributed by atoms with Crippen LogP contribution in [-0.2, 0) is 0 Å². The van der Waals surface area contributed by atoms with Crippen LogP contribution < -0.4 is 5.32 Å². The quantitative estimate of drug-likeness (QED) is 0.779. The predicted molar refractivity (Wildman–Crippen MR) is 80.1 cm³/mol. The Bertz CT molecular complexity index is 420. The van der Waals surface area contributed by atoms with Crippen molar-refractivity contribution in [1.29, 1.82) is 0 Å². The lowest BCUT2D eigenvalue weighted by Crippen LogP contribution is -2.35. The van der Waals surface area contributed by atoms with Crippen LogP contribution in [0.4, 0.5) is 5.69 Å². The van der Waals surface area contributed by atoms with E-state index in [0.29, 0.717) is 11.5 Å². The first-order valence-corrected chi connectivity index (χ1v) is 7.19. The fourth-order valence-electron chi connectivity index (χ4n) is 3.57. The number of anilines is 1. The molecule has 1 nitrogen and oxygen atoms in total. The van der Waals surface area contributed by atoms with Crippen molar-refractivity contribution in [2.24, 2.45) is 11.3 Å². The monoisotopic (exact) mass is 245 g/mol. The molecule has 0 saturated heterocycles. The van der Waals surface area contributed by atoms with Crippen LogP contribution in [0.1, 0.15) is 51.2 Å². The van der Waals surface area contributed by atoms with Gasteiger partial charge in [0.15, 0.2) is 0 Å². The Balaban J connectivity index is 2.11. The van der Waals surface area contributed by atoms with E-state index in [1.807, 2.05) is 0 Å². The summed E-state index contributed by atoms with van der Waals surface area (Å²) in [6, 6.07) is 7.31. The van der Waals surface area contributed by atoms with Gasteiger partial charge in [-0.05, 0) is 61.6 Å². The summed E-state index contributed by atoms with van der Waals surface area (Å²) < 4.78 is 0. The molecule has 0 radical (unpaired) electrons. The Hall–Kier alpha value is -0.980. The van der Waals surface area contributed by atoms with Crippen molar-refractivity contribution >= 4 is 5.69 Å². The smallest absolute Gasteiger partial charge is 0.0374 e. The van der Waals surface area contributed by atoms with Crippen molar-refractivity contribution in [3.8, 4) is 0 Å². The third kappa shape index (κ3) is 3.28. The molecule has 0 spiro atoms. The second kappa shape index (κ2) is 4.95. The number of hydrogen-bond donors (Lipinski definition) is 1. The fourth-order valence-corrected chi connectivity index (χ4v) is 3.57. The number of benzene rings is 1. The molecule has 1 aromatic rings. The Morgan fingerprint density at radius 3 is 2.56 bits per heavy atom. The normalized spacial score (nSPS) is 26.9. The molecule has 100 valence electrons. The average Bonchev–Trinajstić information content (AvgIpc) is 2.20. The molecule has 2 unspecified atom stereocenters. The summed E-state index contributed by atoms with van der Waals surface area (Å²) in [7, 11) is 0. The van der Waals surface area contributed by atoms with Crippen LogP contribution in [-0.4, -0.2) is 6.04 Å². The van der Waals surface area contributed by atoms with Gasteiger partial charge in [-0.3, -0.25) is 0 Å². The summed E-state index contributed by atoms with van der Waals surface area (Å²) in [6.07, 6.45) is 3.94. The van der Waals surface area contributed by atoms with E-state index in [1.165, 1.54) is 36.1 Å². The lowest BCUT2D eigenvalue weighted by atomic mass is 9.70. The predicted octanol–water partition coefficient (Wildman–Crippen LogP) is 4.93. The van der Waals surface area contributed by atoms with E-state index in [-0.39, 0.29) is 0 Å². The summed E-state index contributed by atoms with van der Waals surface area (Å²) in [5.74, 6) is 0.830. The molecule has 1 aliphatic carbocycles. The summed E-state index contributed by atoms with van der Waals surface area (Å²) >= 11 is 0. The zero-order valence-electron chi connectivity index (χ0n) is 12.5. The van der Waals surface area contributed by atoms with Crippen LogP contribution in [0, 0.1) is 25.2 Å². The van der Waals surface area contributed by atoms with Crippen molar-refractivity contribution in [2.75, 3.05) is 5.32 Å². The Morgan fingerprint density at radius 1 is 1.17 bits per heavy atom. The van der Waals surface area contributed by atoms with E-state index in [0.717, 1.165) is 5.92 Å². The SMILES string of the molecule is Cc1ccc(C)c(NC2CC(C)CC(C)(C)C2)c1. The standard InChI is InChI=1S/C17H27N/c1-12-6-7-14(3)16(9-12)18-15-8-13(2)10-17(4,5)11-15/h6-7,9,13,15,18H,8,10-11H2,1-5H3. The van der Waals surface area contributed by atoms with Crippen LogP contribution in [0.15, 0.2) is 18.2 Å². The molecule has 1 saturated carbocycles. The number of rotatable bonds is 2. The van der Waals surface area contributed by atoms with Gasteiger partial charge in [-0.25, -0.2) is 0 Å². The van der Waals surface area contributed by atoms with Crippen molar-refractivity contribution in [3.05, 3.63) is 29.3 Å². The van der Waals surface area contributed by atoms with Gasteiger partial charge in [0, 0.05) is 11.7 Å². The van der Waals surface area contributed by atoms with Gasteiger partial charge in [-0.1, -0.05) is 32.9 Å². The van der Waals surface area contributed by atoms with E-state index >= 15 is 0 Å². The van der Waals surface area contributed by atoms with E-state index in [9.17, 15) is 0 Å². The first-order chi connectivity index (χ1) is 8.35. The molecule has 2 atom stereocenters. The van der Waals surface area contributed by atoms with Gasteiger partial charge in [0.25, 0.3) is 0 Å². The molecule has 1 heteroatoms. The number of hydrogen-bond acceptors (Lipinski definition) is 1. The highest BCUT2D eigenvalue weighted by atomic mass is 14.9. The topological polar surface area (TPSA) is 12.0 Å². The lowest BCUT2D eigenvalue weighted by Gasteiger charge is -2.40. The third-order valence-corrected chi connectivity index (χ3v) is 4.14. The van der Waals surface area contributed by atoms with Gasteiger partial charge in [0.2, 0.25) is 0 Å². The second-order valence-corrected chi connectivity index (χ2v) is 7.07. The van der Waals surface area contributed by atoms with Gasteiger partial charge in [0.1, 0.15) is 0 Å². The summed E-state index contributed by atoms with van der Waals surface area (Å²) in [5.41, 5.74) is 4.50. The highest BCUT2D eigenvalue weighted by Gasteiger charge is 2.31. The molecule has 0 heterocycles. The summed E-state index contributed by atoms with van der Waals surface area (Å²) in [4.78, 5) is 0. The van der Waals surface area contributed by atoms with Crippen molar-refractivity contribution in [1.82, 2.24) is 0 Å². The first kappa shape index (κ1) is 13.5. The largest absolute Gasteiger partial charge is 0.382 e. The zero-order valence-corrected chi connectivity index (χ0v) is 12.5. The van der Waals surface area contributed by atoms with Gasteiger partial charge >= 0.3 is 0 Å². The van der Waals surface area contributed by atoms with E-state index < -0.39 is 0 Å². The first-order valence-electron chi connectivity index (χ1n) is 7.19. The minimum atomic E-state index is 0.479. The molecule has 1 aromatic carbocycles. The Morgan fingerprint density at radius 2 is 1.89 bits per heavy atom. The lowest BCUT2D eigenvalue weighted by molar-refractivity contribution is 0.178. The molecule has 0 bridgehead atoms. The molecule has 18 heavy (non-hydrogen) atoms. The number of aryl methyl sites for hydroxylation is 2. The van der Waals surface area contributed by atoms with Crippen molar-refractivity contribution in [3.63, 3.8) is 0 Å². The highest BCUT2D eigenvalue weighted by molar-refractivity contribution is 5.53. The van der Waals surface area contributed by atoms with E-state index in [1.54, 1.807) is 0 Å². The van der Waals surface area contributed by atoms with Crippen LogP contribution in [0.3, 0.4) is 0 Å². The second-order valence-electron chi connectivity index (χ2n) is 7.07. The average molecular weight is 245 g/mol. The Kier molecular flexibility index (Phi) is 3.70. The molecule has 0 amide bonds. The summed E-state index contributed by atoms with van der Waals surface area (Å²) in [6.45, 7) is 11.6. The van der Waals surface area contributed by atoms with E-state index in [4.69, 9.17) is 0 Å². The maximum Gasteiger partial charge on any atom is 0.0374 e. The molecule has 1 aliphatic rings. The molecule has 0 aromatic heterocycles. The molecule has 1 N–H and O–H groups in total.